The molecule has 2 amide bonds. The molecule has 148 valence electrons. The summed E-state index contributed by atoms with van der Waals surface area (Å²) in [4.78, 5) is 12.4. The number of hydrogen-bond acceptors (Lipinski definition) is 2. The van der Waals surface area contributed by atoms with Crippen molar-refractivity contribution in [3.8, 4) is 0 Å². The zero-order valence-corrected chi connectivity index (χ0v) is 18.2. The Morgan fingerprint density at radius 1 is 1.00 bits per heavy atom. The van der Waals surface area contributed by atoms with Crippen molar-refractivity contribution in [3.63, 3.8) is 0 Å². The van der Waals surface area contributed by atoms with Crippen LogP contribution in [0.25, 0.3) is 0 Å². The first kappa shape index (κ1) is 23.2. The molecule has 0 aliphatic carbocycles. The van der Waals surface area contributed by atoms with Gasteiger partial charge >= 0.3 is 6.03 Å². The number of nitrogens with one attached hydrogen (secondary N) is 3. The number of halogens is 1. The first-order valence-electron chi connectivity index (χ1n) is 9.53. The predicted octanol–water partition coefficient (Wildman–Crippen LogP) is 5.95. The second kappa shape index (κ2) is 12.5. The van der Waals surface area contributed by atoms with E-state index < -0.39 is 0 Å². The third kappa shape index (κ3) is 8.59. The van der Waals surface area contributed by atoms with Crippen LogP contribution in [0.5, 0.6) is 0 Å². The number of benzene rings is 2. The average molecular weight is 434 g/mol. The highest BCUT2D eigenvalue weighted by Crippen LogP contribution is 2.15. The van der Waals surface area contributed by atoms with Crippen molar-refractivity contribution in [2.75, 3.05) is 5.32 Å². The molecule has 3 N–H and O–H groups in total. The molecule has 0 aliphatic rings. The summed E-state index contributed by atoms with van der Waals surface area (Å²) in [6.45, 7) is 6.41. The third-order valence-electron chi connectivity index (χ3n) is 4.46. The normalized spacial score (nSPS) is 12.6. The summed E-state index contributed by atoms with van der Waals surface area (Å²) in [7, 11) is 0. The van der Waals surface area contributed by atoms with Crippen molar-refractivity contribution in [1.82, 2.24) is 10.6 Å². The highest BCUT2D eigenvalue weighted by atomic mass is 79.9. The van der Waals surface area contributed by atoms with Crippen molar-refractivity contribution < 1.29 is 4.79 Å². The molecule has 4 nitrogen and oxygen atoms in total. The molecule has 0 spiro atoms. The fourth-order valence-corrected chi connectivity index (χ4v) is 2.90. The quantitative estimate of drug-likeness (QED) is 0.337. The van der Waals surface area contributed by atoms with E-state index in [9.17, 15) is 4.79 Å². The molecular formula is C22H32BrN3O. The zero-order chi connectivity index (χ0) is 18.8. The van der Waals surface area contributed by atoms with Gasteiger partial charge in [0.2, 0.25) is 0 Å². The van der Waals surface area contributed by atoms with Crippen molar-refractivity contribution in [1.29, 1.82) is 0 Å². The van der Waals surface area contributed by atoms with E-state index in [1.807, 2.05) is 30.3 Å². The van der Waals surface area contributed by atoms with Gasteiger partial charge in [-0.3, -0.25) is 5.32 Å². The van der Waals surface area contributed by atoms with Gasteiger partial charge < -0.3 is 10.6 Å². The van der Waals surface area contributed by atoms with Gasteiger partial charge in [0.1, 0.15) is 0 Å². The molecule has 0 aromatic heterocycles. The van der Waals surface area contributed by atoms with Gasteiger partial charge in [0.05, 0.1) is 6.17 Å². The minimum Gasteiger partial charge on any atom is -0.323 e. The number of carbonyl (C=O) groups is 1. The van der Waals surface area contributed by atoms with E-state index in [2.05, 4.69) is 61.0 Å². The Balaban J connectivity index is 0.00000364. The number of urea groups is 1. The number of para-hydroxylation sites is 1. The molecule has 27 heavy (non-hydrogen) atoms. The second-order valence-electron chi connectivity index (χ2n) is 6.81. The van der Waals surface area contributed by atoms with Gasteiger partial charge in [-0.25, -0.2) is 4.79 Å². The molecular weight excluding hydrogens is 402 g/mol. The number of unbranched alkanes of at least 4 members (excludes halogenated alkanes) is 2. The Kier molecular flexibility index (Phi) is 10.8. The van der Waals surface area contributed by atoms with E-state index in [-0.39, 0.29) is 35.2 Å². The largest absolute Gasteiger partial charge is 0.323 e. The summed E-state index contributed by atoms with van der Waals surface area (Å²) in [5.41, 5.74) is 3.27. The van der Waals surface area contributed by atoms with Gasteiger partial charge in [0, 0.05) is 11.7 Å². The van der Waals surface area contributed by atoms with Gasteiger partial charge in [-0.15, -0.1) is 17.0 Å². The number of rotatable bonds is 9. The SMILES string of the molecule is Br.CCCCCC(NC(=O)Nc1ccccc1)NC(C)c1ccc(C)cc1. The fourth-order valence-electron chi connectivity index (χ4n) is 2.90. The number of amides is 2. The molecule has 0 bridgehead atoms. The Bertz CT molecular complexity index is 661. The van der Waals surface area contributed by atoms with Crippen LogP contribution in [-0.4, -0.2) is 12.2 Å². The van der Waals surface area contributed by atoms with E-state index in [0.717, 1.165) is 24.9 Å². The molecule has 2 rings (SSSR count). The summed E-state index contributed by atoms with van der Waals surface area (Å²) in [6.07, 6.45) is 4.25. The van der Waals surface area contributed by atoms with E-state index in [1.54, 1.807) is 0 Å². The number of aryl methyl sites for hydroxylation is 1. The number of hydrogen-bond donors (Lipinski definition) is 3. The van der Waals surface area contributed by atoms with Crippen LogP contribution in [0.1, 0.15) is 56.7 Å². The maximum Gasteiger partial charge on any atom is 0.320 e. The maximum absolute atomic E-state index is 12.4. The van der Waals surface area contributed by atoms with E-state index in [1.165, 1.54) is 17.5 Å². The summed E-state index contributed by atoms with van der Waals surface area (Å²) < 4.78 is 0. The molecule has 0 heterocycles. The molecule has 0 saturated carbocycles. The molecule has 2 atom stereocenters. The van der Waals surface area contributed by atoms with Crippen molar-refractivity contribution >= 4 is 28.7 Å². The first-order valence-corrected chi connectivity index (χ1v) is 9.53. The van der Waals surface area contributed by atoms with Crippen molar-refractivity contribution in [2.45, 2.75) is 58.7 Å². The van der Waals surface area contributed by atoms with E-state index in [0.29, 0.717) is 0 Å². The molecule has 0 radical (unpaired) electrons. The molecule has 2 unspecified atom stereocenters. The summed E-state index contributed by atoms with van der Waals surface area (Å²) in [6, 6.07) is 18.0. The van der Waals surface area contributed by atoms with Crippen LogP contribution in [0.15, 0.2) is 54.6 Å². The van der Waals surface area contributed by atoms with Gasteiger partial charge in [-0.2, -0.15) is 0 Å². The average Bonchev–Trinajstić information content (AvgIpc) is 2.63. The van der Waals surface area contributed by atoms with Gasteiger partial charge in [0.25, 0.3) is 0 Å². The smallest absolute Gasteiger partial charge is 0.320 e. The zero-order valence-electron chi connectivity index (χ0n) is 16.5. The van der Waals surface area contributed by atoms with Crippen molar-refractivity contribution in [3.05, 3.63) is 65.7 Å². The van der Waals surface area contributed by atoms with Crippen molar-refractivity contribution in [2.24, 2.45) is 0 Å². The first-order chi connectivity index (χ1) is 12.6. The van der Waals surface area contributed by atoms with Crippen LogP contribution in [-0.2, 0) is 0 Å². The monoisotopic (exact) mass is 433 g/mol. The van der Waals surface area contributed by atoms with E-state index >= 15 is 0 Å². The van der Waals surface area contributed by atoms with Gasteiger partial charge in [-0.1, -0.05) is 74.2 Å². The van der Waals surface area contributed by atoms with Crippen LogP contribution in [0.3, 0.4) is 0 Å². The number of anilines is 1. The highest BCUT2D eigenvalue weighted by molar-refractivity contribution is 8.93. The molecule has 0 aliphatic heterocycles. The van der Waals surface area contributed by atoms with Gasteiger partial charge in [-0.05, 0) is 38.0 Å². The van der Waals surface area contributed by atoms with E-state index in [4.69, 9.17) is 0 Å². The number of carbonyl (C=O) groups excluding carboxylic acids is 1. The topological polar surface area (TPSA) is 53.2 Å². The van der Waals surface area contributed by atoms with Gasteiger partial charge in [0.15, 0.2) is 0 Å². The standard InChI is InChI=1S/C22H31N3O.BrH/c1-4-5-7-12-21(23-18(3)19-15-13-17(2)14-16-19)25-22(26)24-20-10-8-6-9-11-20;/h6,8-11,13-16,18,21,23H,4-5,7,12H2,1-3H3,(H2,24,25,26);1H. The predicted molar refractivity (Wildman–Crippen MR) is 120 cm³/mol. The van der Waals surface area contributed by atoms with Crippen LogP contribution in [0.4, 0.5) is 10.5 Å². The summed E-state index contributed by atoms with van der Waals surface area (Å²) in [5.74, 6) is 0. The molecule has 2 aromatic rings. The minimum atomic E-state index is -0.179. The Morgan fingerprint density at radius 3 is 2.30 bits per heavy atom. The second-order valence-corrected chi connectivity index (χ2v) is 6.81. The fraction of sp³-hybridized carbons (Fsp3) is 0.409. The maximum atomic E-state index is 12.4. The third-order valence-corrected chi connectivity index (χ3v) is 4.46. The lowest BCUT2D eigenvalue weighted by Crippen LogP contribution is -2.47. The molecule has 5 heteroatoms. The minimum absolute atomic E-state index is 0. The molecule has 0 saturated heterocycles. The lowest BCUT2D eigenvalue weighted by atomic mass is 10.1. The Hall–Kier alpha value is -1.85. The molecule has 2 aromatic carbocycles. The van der Waals surface area contributed by atoms with Crippen LogP contribution < -0.4 is 16.0 Å². The lowest BCUT2D eigenvalue weighted by molar-refractivity contribution is 0.242. The summed E-state index contributed by atoms with van der Waals surface area (Å²) in [5, 5.41) is 9.52. The Labute approximate surface area is 173 Å². The lowest BCUT2D eigenvalue weighted by Gasteiger charge is -2.25. The molecule has 0 fully saturated rings. The van der Waals surface area contributed by atoms with Crippen LogP contribution in [0.2, 0.25) is 0 Å². The summed E-state index contributed by atoms with van der Waals surface area (Å²) >= 11 is 0. The highest BCUT2D eigenvalue weighted by Gasteiger charge is 2.15. The van der Waals surface area contributed by atoms with Crippen LogP contribution in [0, 0.1) is 6.92 Å². The Morgan fingerprint density at radius 2 is 1.67 bits per heavy atom. The van der Waals surface area contributed by atoms with Crippen LogP contribution >= 0.6 is 17.0 Å².